The second-order valence-electron chi connectivity index (χ2n) is 4.63. The molecule has 0 saturated carbocycles. The summed E-state index contributed by atoms with van der Waals surface area (Å²) in [6, 6.07) is 8.04. The number of rotatable bonds is 6. The standard InChI is InChI=1S/C15H20ClN3O/c1-4-19-14(15(16)11(2)18-19)10-20-13-7-5-6-12(8-13)9-17-3/h5-8,17H,4,9-10H2,1-3H3. The molecule has 0 amide bonds. The highest BCUT2D eigenvalue weighted by Gasteiger charge is 2.13. The summed E-state index contributed by atoms with van der Waals surface area (Å²) in [5.74, 6) is 0.843. The third kappa shape index (κ3) is 3.32. The number of hydrogen-bond donors (Lipinski definition) is 1. The lowest BCUT2D eigenvalue weighted by atomic mass is 10.2. The van der Waals surface area contributed by atoms with Gasteiger partial charge in [0.25, 0.3) is 0 Å². The van der Waals surface area contributed by atoms with Crippen LogP contribution in [0.2, 0.25) is 5.02 Å². The summed E-state index contributed by atoms with van der Waals surface area (Å²) >= 11 is 6.27. The largest absolute Gasteiger partial charge is 0.487 e. The lowest BCUT2D eigenvalue weighted by molar-refractivity contribution is 0.292. The van der Waals surface area contributed by atoms with Gasteiger partial charge in [0.15, 0.2) is 0 Å². The summed E-state index contributed by atoms with van der Waals surface area (Å²) in [7, 11) is 1.93. The first-order valence-corrected chi connectivity index (χ1v) is 7.11. The molecule has 5 heteroatoms. The van der Waals surface area contributed by atoms with E-state index in [0.717, 1.165) is 30.2 Å². The highest BCUT2D eigenvalue weighted by atomic mass is 35.5. The van der Waals surface area contributed by atoms with Crippen LogP contribution in [0.5, 0.6) is 5.75 Å². The molecule has 0 aliphatic rings. The van der Waals surface area contributed by atoms with Gasteiger partial charge >= 0.3 is 0 Å². The van der Waals surface area contributed by atoms with E-state index in [0.29, 0.717) is 11.6 Å². The van der Waals surface area contributed by atoms with Crippen molar-refractivity contribution in [2.24, 2.45) is 0 Å². The van der Waals surface area contributed by atoms with Crippen molar-refractivity contribution in [1.29, 1.82) is 0 Å². The molecule has 0 radical (unpaired) electrons. The number of hydrogen-bond acceptors (Lipinski definition) is 3. The van der Waals surface area contributed by atoms with Crippen molar-refractivity contribution < 1.29 is 4.74 Å². The predicted octanol–water partition coefficient (Wildman–Crippen LogP) is 3.16. The molecule has 1 heterocycles. The lowest BCUT2D eigenvalue weighted by Gasteiger charge is -2.09. The molecule has 0 bridgehead atoms. The van der Waals surface area contributed by atoms with E-state index < -0.39 is 0 Å². The molecule has 0 spiro atoms. The normalized spacial score (nSPS) is 10.8. The number of nitrogens with zero attached hydrogens (tertiary/aromatic N) is 2. The maximum Gasteiger partial charge on any atom is 0.131 e. The van der Waals surface area contributed by atoms with E-state index in [4.69, 9.17) is 16.3 Å². The van der Waals surface area contributed by atoms with Gasteiger partial charge in [0.1, 0.15) is 12.4 Å². The SMILES string of the molecule is CCn1nc(C)c(Cl)c1COc1cccc(CNC)c1. The maximum absolute atomic E-state index is 6.27. The van der Waals surface area contributed by atoms with Gasteiger partial charge in [0, 0.05) is 13.1 Å². The predicted molar refractivity (Wildman–Crippen MR) is 81.2 cm³/mol. The summed E-state index contributed by atoms with van der Waals surface area (Å²) in [6.07, 6.45) is 0. The van der Waals surface area contributed by atoms with Gasteiger partial charge in [0.05, 0.1) is 16.4 Å². The molecule has 0 aliphatic heterocycles. The van der Waals surface area contributed by atoms with E-state index in [2.05, 4.69) is 16.5 Å². The summed E-state index contributed by atoms with van der Waals surface area (Å²) in [4.78, 5) is 0. The van der Waals surface area contributed by atoms with Crippen LogP contribution in [0.3, 0.4) is 0 Å². The zero-order valence-corrected chi connectivity index (χ0v) is 12.9. The molecule has 0 fully saturated rings. The molecule has 0 aliphatic carbocycles. The first-order chi connectivity index (χ1) is 9.65. The van der Waals surface area contributed by atoms with Crippen LogP contribution in [0, 0.1) is 6.92 Å². The van der Waals surface area contributed by atoms with Gasteiger partial charge in [0.2, 0.25) is 0 Å². The summed E-state index contributed by atoms with van der Waals surface area (Å²) in [6.45, 7) is 5.98. The van der Waals surface area contributed by atoms with E-state index in [-0.39, 0.29) is 0 Å². The van der Waals surface area contributed by atoms with E-state index in [9.17, 15) is 0 Å². The van der Waals surface area contributed by atoms with Gasteiger partial charge in [-0.2, -0.15) is 5.10 Å². The highest BCUT2D eigenvalue weighted by Crippen LogP contribution is 2.22. The van der Waals surface area contributed by atoms with Crippen LogP contribution in [-0.2, 0) is 19.7 Å². The van der Waals surface area contributed by atoms with Gasteiger partial charge in [-0.15, -0.1) is 0 Å². The Hall–Kier alpha value is -1.52. The van der Waals surface area contributed by atoms with Gasteiger partial charge in [-0.05, 0) is 38.6 Å². The van der Waals surface area contributed by atoms with Gasteiger partial charge in [-0.1, -0.05) is 23.7 Å². The van der Waals surface area contributed by atoms with Gasteiger partial charge in [-0.3, -0.25) is 4.68 Å². The Morgan fingerprint density at radius 2 is 2.20 bits per heavy atom. The van der Waals surface area contributed by atoms with Crippen molar-refractivity contribution in [2.75, 3.05) is 7.05 Å². The van der Waals surface area contributed by atoms with Crippen molar-refractivity contribution in [3.63, 3.8) is 0 Å². The minimum Gasteiger partial charge on any atom is -0.487 e. The van der Waals surface area contributed by atoms with E-state index in [1.807, 2.05) is 43.8 Å². The first-order valence-electron chi connectivity index (χ1n) is 6.73. The van der Waals surface area contributed by atoms with Crippen molar-refractivity contribution in [3.05, 3.63) is 46.2 Å². The summed E-state index contributed by atoms with van der Waals surface area (Å²) in [5, 5.41) is 8.20. The molecular formula is C15H20ClN3O. The van der Waals surface area contributed by atoms with E-state index in [1.54, 1.807) is 0 Å². The Kier molecular flexibility index (Phi) is 5.04. The number of halogens is 1. The third-order valence-electron chi connectivity index (χ3n) is 3.11. The summed E-state index contributed by atoms with van der Waals surface area (Å²) < 4.78 is 7.73. The van der Waals surface area contributed by atoms with Crippen LogP contribution in [0.4, 0.5) is 0 Å². The topological polar surface area (TPSA) is 39.1 Å². The monoisotopic (exact) mass is 293 g/mol. The van der Waals surface area contributed by atoms with Crippen LogP contribution in [-0.4, -0.2) is 16.8 Å². The molecular weight excluding hydrogens is 274 g/mol. The van der Waals surface area contributed by atoms with Crippen molar-refractivity contribution in [1.82, 2.24) is 15.1 Å². The molecule has 20 heavy (non-hydrogen) atoms. The van der Waals surface area contributed by atoms with Gasteiger partial charge in [-0.25, -0.2) is 0 Å². The molecule has 2 aromatic rings. The molecule has 1 aromatic carbocycles. The number of aryl methyl sites for hydroxylation is 2. The highest BCUT2D eigenvalue weighted by molar-refractivity contribution is 6.31. The number of aromatic nitrogens is 2. The fourth-order valence-corrected chi connectivity index (χ4v) is 2.30. The number of benzene rings is 1. The van der Waals surface area contributed by atoms with Crippen molar-refractivity contribution >= 4 is 11.6 Å². The molecule has 1 aromatic heterocycles. The Bertz CT molecular complexity index is 580. The van der Waals surface area contributed by atoms with Gasteiger partial charge < -0.3 is 10.1 Å². The summed E-state index contributed by atoms with van der Waals surface area (Å²) in [5.41, 5.74) is 2.96. The van der Waals surface area contributed by atoms with Crippen LogP contribution in [0.25, 0.3) is 0 Å². The Morgan fingerprint density at radius 3 is 2.90 bits per heavy atom. The zero-order valence-electron chi connectivity index (χ0n) is 12.1. The van der Waals surface area contributed by atoms with Crippen LogP contribution >= 0.6 is 11.6 Å². The second-order valence-corrected chi connectivity index (χ2v) is 5.01. The van der Waals surface area contributed by atoms with Crippen LogP contribution in [0.1, 0.15) is 23.9 Å². The number of ether oxygens (including phenoxy) is 1. The van der Waals surface area contributed by atoms with E-state index in [1.165, 1.54) is 5.56 Å². The zero-order chi connectivity index (χ0) is 14.5. The van der Waals surface area contributed by atoms with E-state index >= 15 is 0 Å². The molecule has 2 rings (SSSR count). The minimum atomic E-state index is 0.427. The molecule has 108 valence electrons. The van der Waals surface area contributed by atoms with Crippen molar-refractivity contribution in [3.8, 4) is 5.75 Å². The van der Waals surface area contributed by atoms with Crippen LogP contribution < -0.4 is 10.1 Å². The second kappa shape index (κ2) is 6.77. The average Bonchev–Trinajstić information content (AvgIpc) is 2.73. The average molecular weight is 294 g/mol. The molecule has 1 N–H and O–H groups in total. The lowest BCUT2D eigenvalue weighted by Crippen LogP contribution is -2.07. The molecule has 0 saturated heterocycles. The Balaban J connectivity index is 2.10. The minimum absolute atomic E-state index is 0.427. The molecule has 0 atom stereocenters. The van der Waals surface area contributed by atoms with Crippen LogP contribution in [0.15, 0.2) is 24.3 Å². The fraction of sp³-hybridized carbons (Fsp3) is 0.400. The molecule has 4 nitrogen and oxygen atoms in total. The smallest absolute Gasteiger partial charge is 0.131 e. The quantitative estimate of drug-likeness (QED) is 0.889. The fourth-order valence-electron chi connectivity index (χ4n) is 2.11. The number of nitrogens with one attached hydrogen (secondary N) is 1. The third-order valence-corrected chi connectivity index (χ3v) is 3.60. The Labute approximate surface area is 124 Å². The Morgan fingerprint density at radius 1 is 1.40 bits per heavy atom. The first kappa shape index (κ1) is 14.9. The molecule has 0 unspecified atom stereocenters. The maximum atomic E-state index is 6.27. The van der Waals surface area contributed by atoms with Crippen molar-refractivity contribution in [2.45, 2.75) is 33.5 Å².